The van der Waals surface area contributed by atoms with Gasteiger partial charge in [0.05, 0.1) is 23.9 Å². The Bertz CT molecular complexity index is 943. The van der Waals surface area contributed by atoms with E-state index in [9.17, 15) is 4.79 Å². The minimum atomic E-state index is -0.125. The van der Waals surface area contributed by atoms with E-state index in [1.165, 1.54) is 19.9 Å². The van der Waals surface area contributed by atoms with Gasteiger partial charge in [0.2, 0.25) is 0 Å². The number of fused-ring (bicyclic) bond motifs is 1. The van der Waals surface area contributed by atoms with Crippen LogP contribution in [0.15, 0.2) is 65.1 Å². The number of carbonyl (C=O) groups is 1. The molecular weight excluding hydrogens is 494 g/mol. The second-order valence-electron chi connectivity index (χ2n) is 5.33. The number of pyridine rings is 1. The number of carbonyl (C=O) groups excluding carboxylic acids is 1. The summed E-state index contributed by atoms with van der Waals surface area (Å²) in [7, 11) is 3.98. The molecule has 0 saturated carbocycles. The maximum absolute atomic E-state index is 10.0. The van der Waals surface area contributed by atoms with Crippen molar-refractivity contribution in [3.8, 4) is 11.3 Å². The van der Waals surface area contributed by atoms with Crippen LogP contribution in [0.3, 0.4) is 0 Å². The molecule has 0 spiro atoms. The molecule has 25 heavy (non-hydrogen) atoms. The van der Waals surface area contributed by atoms with Crippen molar-refractivity contribution in [3.05, 3.63) is 80.2 Å². The van der Waals surface area contributed by atoms with Crippen LogP contribution in [0.1, 0.15) is 20.8 Å². The van der Waals surface area contributed by atoms with E-state index >= 15 is 0 Å². The van der Waals surface area contributed by atoms with Gasteiger partial charge in [0.25, 0.3) is 0 Å². The quantitative estimate of drug-likeness (QED) is 0.240. The van der Waals surface area contributed by atoms with Crippen molar-refractivity contribution in [1.29, 1.82) is 0 Å². The van der Waals surface area contributed by atoms with Crippen molar-refractivity contribution in [2.45, 2.75) is 13.8 Å². The fraction of sp³-hybridized carbons (Fsp3) is 0.100. The zero-order valence-electron chi connectivity index (χ0n) is 15.1. The summed E-state index contributed by atoms with van der Waals surface area (Å²) in [6.45, 7) is 6.88. The van der Waals surface area contributed by atoms with Crippen LogP contribution in [0.5, 0.6) is 0 Å². The summed E-state index contributed by atoms with van der Waals surface area (Å²) < 4.78 is 14.7. The standard InChI is InChI=1S/C15H12NO.C5H8O2.Ir/c1-11-5-3-4-6-12(11)15-13-8-10-17-14(13)7-9-16(15)2;1-4(6)3-5(2)7;/h3-10H,1-2H2;3,6H,1-2H3;/q-1;;/b;4-3-;/i10D;;. The van der Waals surface area contributed by atoms with E-state index in [0.717, 1.165) is 22.2 Å². The van der Waals surface area contributed by atoms with E-state index in [1.54, 1.807) is 10.6 Å². The molecular formula is C20H20IrNO3-. The first-order chi connectivity index (χ1) is 11.8. The Kier molecular flexibility index (Phi) is 6.87. The number of allylic oxidation sites excluding steroid dienone is 2. The minimum Gasteiger partial charge on any atom is -0.512 e. The van der Waals surface area contributed by atoms with Crippen LogP contribution < -0.4 is 4.57 Å². The maximum atomic E-state index is 10.0. The molecule has 1 radical (unpaired) electrons. The second-order valence-corrected chi connectivity index (χ2v) is 5.33. The molecule has 0 aliphatic carbocycles. The molecule has 0 amide bonds. The molecule has 3 rings (SSSR count). The number of hydrogen-bond donors (Lipinski definition) is 1. The molecule has 4 nitrogen and oxygen atoms in total. The molecule has 2 aromatic heterocycles. The van der Waals surface area contributed by atoms with E-state index < -0.39 is 0 Å². The first-order valence-corrected chi connectivity index (χ1v) is 7.34. The fourth-order valence-corrected chi connectivity index (χ4v) is 2.32. The number of furan rings is 1. The van der Waals surface area contributed by atoms with Crippen molar-refractivity contribution >= 4 is 16.8 Å². The molecule has 1 aromatic carbocycles. The number of aromatic nitrogens is 1. The van der Waals surface area contributed by atoms with Crippen molar-refractivity contribution in [2.24, 2.45) is 0 Å². The van der Waals surface area contributed by atoms with Crippen molar-refractivity contribution in [2.75, 3.05) is 0 Å². The SMILES string of the molecule is CC(=O)/C=C(/C)O.[2H]c1cc2c(-c3ccccc3[CH2-])[n+]([CH2-])ccc2o1.[Ir]. The molecule has 1 N–H and O–H groups in total. The number of benzene rings is 1. The largest absolute Gasteiger partial charge is 0.512 e. The third kappa shape index (κ3) is 5.24. The van der Waals surface area contributed by atoms with E-state index in [1.807, 2.05) is 36.5 Å². The van der Waals surface area contributed by atoms with Gasteiger partial charge >= 0.3 is 0 Å². The average molecular weight is 516 g/mol. The number of nitrogens with zero attached hydrogens (tertiary/aromatic N) is 1. The van der Waals surface area contributed by atoms with Gasteiger partial charge in [-0.05, 0) is 26.0 Å². The van der Waals surface area contributed by atoms with Crippen LogP contribution in [0.25, 0.3) is 22.2 Å². The first-order valence-electron chi connectivity index (χ1n) is 7.84. The van der Waals surface area contributed by atoms with Crippen LogP contribution in [-0.4, -0.2) is 10.9 Å². The van der Waals surface area contributed by atoms with E-state index in [0.29, 0.717) is 5.58 Å². The van der Waals surface area contributed by atoms with Gasteiger partial charge in [0, 0.05) is 38.6 Å². The molecule has 133 valence electrons. The van der Waals surface area contributed by atoms with Gasteiger partial charge in [-0.25, -0.2) is 0 Å². The number of hydrogen-bond acceptors (Lipinski definition) is 3. The molecule has 0 bridgehead atoms. The number of ketones is 1. The van der Waals surface area contributed by atoms with Gasteiger partial charge in [-0.3, -0.25) is 4.79 Å². The second kappa shape index (κ2) is 9.11. The van der Waals surface area contributed by atoms with Crippen LogP contribution >= 0.6 is 0 Å². The predicted molar refractivity (Wildman–Crippen MR) is 94.1 cm³/mol. The van der Waals surface area contributed by atoms with Crippen LogP contribution in [0.4, 0.5) is 0 Å². The third-order valence-electron chi connectivity index (χ3n) is 3.27. The van der Waals surface area contributed by atoms with Gasteiger partial charge in [-0.2, -0.15) is 18.6 Å². The Labute approximate surface area is 162 Å². The molecule has 0 unspecified atom stereocenters. The average Bonchev–Trinajstić information content (AvgIpc) is 2.88. The Morgan fingerprint density at radius 1 is 1.28 bits per heavy atom. The molecule has 0 atom stereocenters. The van der Waals surface area contributed by atoms with Crippen molar-refractivity contribution < 1.29 is 40.4 Å². The summed E-state index contributed by atoms with van der Waals surface area (Å²) in [5.74, 6) is -0.0625. The Hall–Kier alpha value is -2.49. The zero-order valence-corrected chi connectivity index (χ0v) is 16.5. The smallest absolute Gasteiger partial charge is 0.155 e. The number of rotatable bonds is 2. The molecule has 3 aromatic rings. The van der Waals surface area contributed by atoms with Crippen molar-refractivity contribution in [3.63, 3.8) is 0 Å². The summed E-state index contributed by atoms with van der Waals surface area (Å²) >= 11 is 0. The number of aliphatic hydroxyl groups is 1. The minimum absolute atomic E-state index is 0. The molecule has 0 saturated heterocycles. The van der Waals surface area contributed by atoms with Gasteiger partial charge in [-0.15, -0.1) is 17.7 Å². The van der Waals surface area contributed by atoms with E-state index in [2.05, 4.69) is 14.0 Å². The number of aliphatic hydroxyl groups excluding tert-OH is 1. The maximum Gasteiger partial charge on any atom is 0.155 e. The summed E-state index contributed by atoms with van der Waals surface area (Å²) in [6.07, 6.45) is 3.14. The Balaban J connectivity index is 0.000000366. The summed E-state index contributed by atoms with van der Waals surface area (Å²) in [6, 6.07) is 11.4. The van der Waals surface area contributed by atoms with Gasteiger partial charge < -0.3 is 14.1 Å². The van der Waals surface area contributed by atoms with Crippen LogP contribution in [0, 0.1) is 14.0 Å². The summed E-state index contributed by atoms with van der Waals surface area (Å²) in [4.78, 5) is 10.0. The Morgan fingerprint density at radius 3 is 2.52 bits per heavy atom. The molecule has 0 fully saturated rings. The predicted octanol–water partition coefficient (Wildman–Crippen LogP) is 4.24. The topological polar surface area (TPSA) is 54.3 Å². The molecule has 2 heterocycles. The van der Waals surface area contributed by atoms with Gasteiger partial charge in [0.1, 0.15) is 6.95 Å². The van der Waals surface area contributed by atoms with E-state index in [-0.39, 0.29) is 37.9 Å². The molecule has 5 heteroatoms. The summed E-state index contributed by atoms with van der Waals surface area (Å²) in [5, 5.41) is 9.25. The van der Waals surface area contributed by atoms with Crippen LogP contribution in [0.2, 0.25) is 0 Å². The van der Waals surface area contributed by atoms with Gasteiger partial charge in [0.15, 0.2) is 5.78 Å². The van der Waals surface area contributed by atoms with E-state index in [4.69, 9.17) is 10.9 Å². The summed E-state index contributed by atoms with van der Waals surface area (Å²) in [5.41, 5.74) is 3.53. The normalized spacial score (nSPS) is 11.1. The molecule has 0 aliphatic rings. The molecule has 0 aliphatic heterocycles. The monoisotopic (exact) mass is 516 g/mol. The first kappa shape index (κ1) is 18.8. The fourth-order valence-electron chi connectivity index (χ4n) is 2.32. The van der Waals surface area contributed by atoms with Gasteiger partial charge in [-0.1, -0.05) is 6.07 Å². The van der Waals surface area contributed by atoms with Crippen LogP contribution in [-0.2, 0) is 24.9 Å². The Morgan fingerprint density at radius 2 is 1.96 bits per heavy atom. The third-order valence-corrected chi connectivity index (χ3v) is 3.27. The van der Waals surface area contributed by atoms with Crippen molar-refractivity contribution in [1.82, 2.24) is 0 Å². The zero-order chi connectivity index (χ0) is 18.6.